The van der Waals surface area contributed by atoms with Crippen LogP contribution < -0.4 is 21.7 Å². The molecule has 3 amide bonds. The summed E-state index contributed by atoms with van der Waals surface area (Å²) in [7, 11) is 0. The molecule has 3 aromatic carbocycles. The summed E-state index contributed by atoms with van der Waals surface area (Å²) < 4.78 is 10.6. The second kappa shape index (κ2) is 16.8. The largest absolute Gasteiger partial charge is 0.444 e. The summed E-state index contributed by atoms with van der Waals surface area (Å²) in [6.45, 7) is 8.02. The molecule has 0 radical (unpaired) electrons. The number of carbonyl (C=O) groups is 3. The first-order valence-corrected chi connectivity index (χ1v) is 14.7. The van der Waals surface area contributed by atoms with E-state index >= 15 is 0 Å². The predicted molar refractivity (Wildman–Crippen MR) is 171 cm³/mol. The molecule has 0 saturated carbocycles. The average Bonchev–Trinajstić information content (AvgIpc) is 3.00. The molecule has 0 bridgehead atoms. The van der Waals surface area contributed by atoms with Crippen LogP contribution in [0.4, 0.5) is 9.59 Å². The number of nitrogens with one attached hydrogen (secondary N) is 3. The van der Waals surface area contributed by atoms with Gasteiger partial charge < -0.3 is 31.2 Å². The number of amides is 3. The van der Waals surface area contributed by atoms with Crippen LogP contribution in [0.2, 0.25) is 0 Å². The van der Waals surface area contributed by atoms with E-state index in [1.165, 1.54) is 0 Å². The van der Waals surface area contributed by atoms with Gasteiger partial charge in [-0.15, -0.1) is 0 Å². The lowest BCUT2D eigenvalue weighted by Crippen LogP contribution is -2.49. The molecule has 0 saturated heterocycles. The zero-order valence-corrected chi connectivity index (χ0v) is 25.8. The molecule has 10 heteroatoms. The fourth-order valence-electron chi connectivity index (χ4n) is 4.15. The van der Waals surface area contributed by atoms with Crippen LogP contribution in [0.25, 0.3) is 0 Å². The van der Waals surface area contributed by atoms with E-state index in [1.807, 2.05) is 81.4 Å². The first-order valence-electron chi connectivity index (χ1n) is 14.7. The van der Waals surface area contributed by atoms with Gasteiger partial charge in [-0.05, 0) is 57.2 Å². The molecule has 44 heavy (non-hydrogen) atoms. The molecule has 0 heterocycles. The number of alkyl carbamates (subject to hydrolysis) is 1. The van der Waals surface area contributed by atoms with Gasteiger partial charge >= 0.3 is 12.2 Å². The summed E-state index contributed by atoms with van der Waals surface area (Å²) in [6.07, 6.45) is 0.179. The lowest BCUT2D eigenvalue weighted by molar-refractivity contribution is -0.122. The average molecular weight is 602 g/mol. The van der Waals surface area contributed by atoms with Gasteiger partial charge in [-0.2, -0.15) is 4.99 Å². The number of aryl methyl sites for hydroxylation is 1. The number of nitrogens with two attached hydrogens (primary N) is 1. The highest BCUT2D eigenvalue weighted by Crippen LogP contribution is 2.10. The summed E-state index contributed by atoms with van der Waals surface area (Å²) in [5.41, 5.74) is 8.80. The maximum absolute atomic E-state index is 12.8. The van der Waals surface area contributed by atoms with Gasteiger partial charge in [-0.1, -0.05) is 84.9 Å². The van der Waals surface area contributed by atoms with Gasteiger partial charge in [0.1, 0.15) is 18.0 Å². The maximum atomic E-state index is 12.8. The highest BCUT2D eigenvalue weighted by atomic mass is 16.6. The molecule has 2 atom stereocenters. The van der Waals surface area contributed by atoms with Crippen molar-refractivity contribution in [3.05, 3.63) is 107 Å². The number of carbonyl (C=O) groups excluding carboxylic acids is 3. The van der Waals surface area contributed by atoms with Gasteiger partial charge in [-0.3, -0.25) is 4.79 Å². The van der Waals surface area contributed by atoms with Crippen molar-refractivity contribution in [3.63, 3.8) is 0 Å². The molecular formula is C34H43N5O5. The topological polar surface area (TPSA) is 144 Å². The second-order valence-corrected chi connectivity index (χ2v) is 11.4. The Labute approximate surface area is 259 Å². The van der Waals surface area contributed by atoms with E-state index in [-0.39, 0.29) is 24.4 Å². The number of benzene rings is 3. The number of amidine groups is 1. The zero-order chi connectivity index (χ0) is 32.0. The van der Waals surface area contributed by atoms with Crippen LogP contribution in [0, 0.1) is 0 Å². The van der Waals surface area contributed by atoms with Crippen molar-refractivity contribution in [2.75, 3.05) is 6.54 Å². The minimum absolute atomic E-state index is 0.0401. The molecule has 3 aromatic rings. The van der Waals surface area contributed by atoms with Crippen molar-refractivity contribution in [1.82, 2.24) is 16.0 Å². The minimum atomic E-state index is -0.771. The smallest absolute Gasteiger partial charge is 0.435 e. The molecule has 0 fully saturated rings. The highest BCUT2D eigenvalue weighted by molar-refractivity contribution is 6.02. The van der Waals surface area contributed by atoms with Crippen molar-refractivity contribution in [1.29, 1.82) is 0 Å². The molecule has 5 N–H and O–H groups in total. The van der Waals surface area contributed by atoms with Gasteiger partial charge in [0, 0.05) is 24.7 Å². The summed E-state index contributed by atoms with van der Waals surface area (Å²) in [4.78, 5) is 41.1. The van der Waals surface area contributed by atoms with Crippen LogP contribution in [0.1, 0.15) is 56.4 Å². The Bertz CT molecular complexity index is 1370. The fraction of sp³-hybridized carbons (Fsp3) is 0.353. The van der Waals surface area contributed by atoms with Crippen LogP contribution in [-0.4, -0.2) is 48.2 Å². The van der Waals surface area contributed by atoms with Crippen molar-refractivity contribution in [2.45, 2.75) is 71.4 Å². The monoisotopic (exact) mass is 601 g/mol. The first kappa shape index (κ1) is 33.8. The number of rotatable bonds is 13. The molecule has 0 aliphatic heterocycles. The van der Waals surface area contributed by atoms with Crippen molar-refractivity contribution in [3.8, 4) is 0 Å². The van der Waals surface area contributed by atoms with Gasteiger partial charge in [-0.25, -0.2) is 9.59 Å². The first-order chi connectivity index (χ1) is 21.0. The number of ether oxygens (including phenoxy) is 2. The third kappa shape index (κ3) is 12.7. The molecule has 10 nitrogen and oxygen atoms in total. The van der Waals surface area contributed by atoms with Crippen LogP contribution in [-0.2, 0) is 33.8 Å². The molecule has 0 unspecified atom stereocenters. The van der Waals surface area contributed by atoms with E-state index in [4.69, 9.17) is 15.2 Å². The third-order valence-electron chi connectivity index (χ3n) is 6.54. The van der Waals surface area contributed by atoms with Crippen molar-refractivity contribution >= 4 is 23.9 Å². The highest BCUT2D eigenvalue weighted by Gasteiger charge is 2.21. The zero-order valence-electron chi connectivity index (χ0n) is 25.8. The Morgan fingerprint density at radius 2 is 1.48 bits per heavy atom. The molecule has 0 aliphatic rings. The molecule has 0 aliphatic carbocycles. The predicted octanol–water partition coefficient (Wildman–Crippen LogP) is 4.85. The van der Waals surface area contributed by atoms with Gasteiger partial charge in [0.2, 0.25) is 5.91 Å². The fourth-order valence-corrected chi connectivity index (χ4v) is 4.15. The lowest BCUT2D eigenvalue weighted by atomic mass is 10.0. The van der Waals surface area contributed by atoms with Crippen LogP contribution in [0.3, 0.4) is 0 Å². The summed E-state index contributed by atoms with van der Waals surface area (Å²) >= 11 is 0. The standard InChI is InChI=1S/C34H43N5O5/c1-24(36-22-29(38-33(42)44-34(2,3)4)20-17-25-11-7-5-8-12-25)31(40)37-21-26-15-18-28(19-16-26)30(35)39-32(41)43-23-27-13-9-6-10-14-27/h5-16,18-19,24,29,36H,17,20-23H2,1-4H3,(H,37,40)(H,38,42)(H2,35,39,41)/t24-,29+/m0/s1. The maximum Gasteiger partial charge on any atom is 0.435 e. The number of hydrogen-bond acceptors (Lipinski definition) is 6. The lowest BCUT2D eigenvalue weighted by Gasteiger charge is -2.25. The normalized spacial score (nSPS) is 13.0. The van der Waals surface area contributed by atoms with Gasteiger partial charge in [0.15, 0.2) is 0 Å². The van der Waals surface area contributed by atoms with E-state index in [2.05, 4.69) is 20.9 Å². The Balaban J connectivity index is 1.46. The Kier molecular flexibility index (Phi) is 12.9. The van der Waals surface area contributed by atoms with E-state index in [9.17, 15) is 14.4 Å². The SMILES string of the molecule is C[C@H](NC[C@@H](CCc1ccccc1)NC(=O)OC(C)(C)C)C(=O)NCc1ccc(C(N)=NC(=O)OCc2ccccc2)cc1. The molecular weight excluding hydrogens is 558 g/mol. The molecule has 234 valence electrons. The van der Waals surface area contributed by atoms with Crippen molar-refractivity contribution < 1.29 is 23.9 Å². The minimum Gasteiger partial charge on any atom is -0.444 e. The Morgan fingerprint density at radius 3 is 2.09 bits per heavy atom. The summed E-state index contributed by atoms with van der Waals surface area (Å²) in [5.74, 6) is -0.145. The van der Waals surface area contributed by atoms with Crippen LogP contribution in [0.15, 0.2) is 89.9 Å². The quantitative estimate of drug-likeness (QED) is 0.162. The molecule has 3 rings (SSSR count). The number of nitrogens with zero attached hydrogens (tertiary/aromatic N) is 1. The second-order valence-electron chi connectivity index (χ2n) is 11.4. The summed E-state index contributed by atoms with van der Waals surface area (Å²) in [5, 5.41) is 9.08. The van der Waals surface area contributed by atoms with E-state index < -0.39 is 23.8 Å². The third-order valence-corrected chi connectivity index (χ3v) is 6.54. The van der Waals surface area contributed by atoms with Gasteiger partial charge in [0.25, 0.3) is 0 Å². The number of aliphatic imine (C=N–C) groups is 1. The van der Waals surface area contributed by atoms with Crippen LogP contribution in [0.5, 0.6) is 0 Å². The van der Waals surface area contributed by atoms with Gasteiger partial charge in [0.05, 0.1) is 6.04 Å². The van der Waals surface area contributed by atoms with E-state index in [1.54, 1.807) is 31.2 Å². The Morgan fingerprint density at radius 1 is 0.864 bits per heavy atom. The van der Waals surface area contributed by atoms with E-state index in [0.717, 1.165) is 23.1 Å². The van der Waals surface area contributed by atoms with Crippen LogP contribution >= 0.6 is 0 Å². The van der Waals surface area contributed by atoms with E-state index in [0.29, 0.717) is 25.1 Å². The summed E-state index contributed by atoms with van der Waals surface area (Å²) in [6, 6.07) is 25.6. The number of hydrogen-bond donors (Lipinski definition) is 4. The Hall–Kier alpha value is -4.70. The molecule has 0 aromatic heterocycles. The molecule has 0 spiro atoms. The van der Waals surface area contributed by atoms with Crippen molar-refractivity contribution in [2.24, 2.45) is 10.7 Å².